The maximum atomic E-state index is 14.7. The second-order valence-corrected chi connectivity index (χ2v) is 12.7. The van der Waals surface area contributed by atoms with E-state index < -0.39 is 0 Å². The molecule has 3 saturated carbocycles. The molecule has 0 radical (unpaired) electrons. The van der Waals surface area contributed by atoms with E-state index >= 15 is 0 Å². The summed E-state index contributed by atoms with van der Waals surface area (Å²) in [5.41, 5.74) is 1.23. The van der Waals surface area contributed by atoms with Crippen LogP contribution in [0.2, 0.25) is 0 Å². The van der Waals surface area contributed by atoms with E-state index in [0.717, 1.165) is 60.8 Å². The summed E-state index contributed by atoms with van der Waals surface area (Å²) in [6.45, 7) is 4.37. The Morgan fingerprint density at radius 1 is 0.629 bits per heavy atom. The first-order valence-corrected chi connectivity index (χ1v) is 15.6. The number of fused-ring (bicyclic) bond motifs is 1. The second kappa shape index (κ2) is 13.6. The molecule has 3 fully saturated rings. The second-order valence-electron chi connectivity index (χ2n) is 12.7. The van der Waals surface area contributed by atoms with Gasteiger partial charge in [-0.3, -0.25) is 0 Å². The number of unbranched alkanes of at least 4 members (excludes halogenated alkanes) is 5. The monoisotopic (exact) mass is 486 g/mol. The van der Waals surface area contributed by atoms with Crippen LogP contribution < -0.4 is 0 Å². The van der Waals surface area contributed by atoms with Gasteiger partial charge in [-0.25, -0.2) is 8.78 Å². The van der Waals surface area contributed by atoms with Crippen LogP contribution in [0, 0.1) is 41.2 Å². The van der Waals surface area contributed by atoms with Gasteiger partial charge >= 0.3 is 0 Å². The highest BCUT2D eigenvalue weighted by atomic mass is 19.1. The molecule has 3 aliphatic rings. The average molecular weight is 487 g/mol. The fraction of sp³-hybridized carbons (Fsp3) is 0.818. The molecule has 0 aromatic heterocycles. The fourth-order valence-corrected chi connectivity index (χ4v) is 8.09. The van der Waals surface area contributed by atoms with Crippen LogP contribution in [-0.2, 0) is 6.42 Å². The predicted molar refractivity (Wildman–Crippen MR) is 145 cm³/mol. The highest BCUT2D eigenvalue weighted by Gasteiger charge is 2.39. The molecular weight excluding hydrogens is 434 g/mol. The molecule has 0 saturated heterocycles. The van der Waals surface area contributed by atoms with Gasteiger partial charge in [0.15, 0.2) is 0 Å². The van der Waals surface area contributed by atoms with Crippen molar-refractivity contribution < 1.29 is 8.78 Å². The number of rotatable bonds is 11. The van der Waals surface area contributed by atoms with Crippen molar-refractivity contribution in [3.05, 3.63) is 34.9 Å². The third-order valence-electron chi connectivity index (χ3n) is 10.3. The SMILES string of the molecule is CCCCCCCC1CCC(C2CCC3CC(c4cc(F)c(CCCC)c(F)c4)CCC3C2)CC1. The molecule has 0 aliphatic heterocycles. The number of halogens is 2. The van der Waals surface area contributed by atoms with Crippen LogP contribution >= 0.6 is 0 Å². The molecule has 4 atom stereocenters. The van der Waals surface area contributed by atoms with E-state index in [1.165, 1.54) is 89.9 Å². The van der Waals surface area contributed by atoms with Crippen molar-refractivity contribution in [1.29, 1.82) is 0 Å². The van der Waals surface area contributed by atoms with E-state index in [0.29, 0.717) is 17.9 Å². The Balaban J connectivity index is 1.22. The smallest absolute Gasteiger partial charge is 0.129 e. The zero-order valence-electron chi connectivity index (χ0n) is 22.8. The summed E-state index contributed by atoms with van der Waals surface area (Å²) >= 11 is 0. The lowest BCUT2D eigenvalue weighted by Gasteiger charge is -2.45. The maximum Gasteiger partial charge on any atom is 0.129 e. The minimum Gasteiger partial charge on any atom is -0.207 e. The zero-order chi connectivity index (χ0) is 24.6. The van der Waals surface area contributed by atoms with Crippen LogP contribution in [0.4, 0.5) is 8.78 Å². The fourth-order valence-electron chi connectivity index (χ4n) is 8.09. The molecular formula is C33H52F2. The molecule has 0 N–H and O–H groups in total. The van der Waals surface area contributed by atoms with Crippen LogP contribution in [0.5, 0.6) is 0 Å². The highest BCUT2D eigenvalue weighted by molar-refractivity contribution is 5.29. The normalized spacial score (nSPS) is 31.3. The van der Waals surface area contributed by atoms with Crippen molar-refractivity contribution in [3.63, 3.8) is 0 Å². The van der Waals surface area contributed by atoms with Crippen LogP contribution in [0.1, 0.15) is 146 Å². The van der Waals surface area contributed by atoms with Gasteiger partial charge in [0.25, 0.3) is 0 Å². The Morgan fingerprint density at radius 2 is 1.20 bits per heavy atom. The summed E-state index contributed by atoms with van der Waals surface area (Å²) in [5.74, 6) is 4.30. The molecule has 1 aromatic rings. The summed E-state index contributed by atoms with van der Waals surface area (Å²) in [6.07, 6.45) is 24.6. The van der Waals surface area contributed by atoms with Crippen molar-refractivity contribution >= 4 is 0 Å². The molecule has 3 aliphatic carbocycles. The molecule has 0 heterocycles. The molecule has 4 unspecified atom stereocenters. The van der Waals surface area contributed by atoms with Gasteiger partial charge in [0, 0.05) is 5.56 Å². The van der Waals surface area contributed by atoms with E-state index in [1.807, 2.05) is 0 Å². The molecule has 0 amide bonds. The minimum atomic E-state index is -0.309. The van der Waals surface area contributed by atoms with Crippen LogP contribution in [0.25, 0.3) is 0 Å². The van der Waals surface area contributed by atoms with Crippen molar-refractivity contribution in [2.45, 2.75) is 142 Å². The Morgan fingerprint density at radius 3 is 1.89 bits per heavy atom. The molecule has 0 nitrogen and oxygen atoms in total. The minimum absolute atomic E-state index is 0.302. The first-order valence-electron chi connectivity index (χ1n) is 15.6. The predicted octanol–water partition coefficient (Wildman–Crippen LogP) is 10.8. The van der Waals surface area contributed by atoms with E-state index in [9.17, 15) is 8.78 Å². The van der Waals surface area contributed by atoms with E-state index in [1.54, 1.807) is 12.1 Å². The Kier molecular flexibility index (Phi) is 10.5. The van der Waals surface area contributed by atoms with E-state index in [2.05, 4.69) is 13.8 Å². The third-order valence-corrected chi connectivity index (χ3v) is 10.3. The summed E-state index contributed by atoms with van der Waals surface area (Å²) in [6, 6.07) is 3.35. The molecule has 1 aromatic carbocycles. The summed E-state index contributed by atoms with van der Waals surface area (Å²) < 4.78 is 29.4. The van der Waals surface area contributed by atoms with Crippen LogP contribution in [-0.4, -0.2) is 0 Å². The topological polar surface area (TPSA) is 0 Å². The quantitative estimate of drug-likeness (QED) is 0.273. The van der Waals surface area contributed by atoms with Gasteiger partial charge in [0.05, 0.1) is 0 Å². The molecule has 35 heavy (non-hydrogen) atoms. The van der Waals surface area contributed by atoms with Gasteiger partial charge in [0.2, 0.25) is 0 Å². The average Bonchev–Trinajstić information content (AvgIpc) is 2.88. The highest BCUT2D eigenvalue weighted by Crippen LogP contribution is 2.51. The molecule has 198 valence electrons. The Labute approximate surface area is 215 Å². The Bertz CT molecular complexity index is 739. The van der Waals surface area contributed by atoms with Crippen molar-refractivity contribution in [2.75, 3.05) is 0 Å². The van der Waals surface area contributed by atoms with E-state index in [4.69, 9.17) is 0 Å². The van der Waals surface area contributed by atoms with Crippen LogP contribution in [0.3, 0.4) is 0 Å². The number of hydrogen-bond donors (Lipinski definition) is 0. The van der Waals surface area contributed by atoms with Gasteiger partial charge in [-0.05, 0) is 117 Å². The zero-order valence-corrected chi connectivity index (χ0v) is 22.8. The Hall–Kier alpha value is -0.920. The summed E-state index contributed by atoms with van der Waals surface area (Å²) in [4.78, 5) is 0. The van der Waals surface area contributed by atoms with E-state index in [-0.39, 0.29) is 11.6 Å². The van der Waals surface area contributed by atoms with Gasteiger partial charge in [0.1, 0.15) is 11.6 Å². The standard InChI is InChI=1S/C33H52F2/c1-3-5-7-8-9-10-24-12-14-25(15-13-24)26-16-17-28-21-29(19-18-27(28)20-26)30-22-32(34)31(11-6-4-2)33(35)23-30/h22-29H,3-21H2,1-2H3. The summed E-state index contributed by atoms with van der Waals surface area (Å²) in [7, 11) is 0. The van der Waals surface area contributed by atoms with Crippen molar-refractivity contribution in [3.8, 4) is 0 Å². The van der Waals surface area contributed by atoms with Crippen molar-refractivity contribution in [1.82, 2.24) is 0 Å². The number of benzene rings is 1. The first kappa shape index (κ1) is 27.1. The largest absolute Gasteiger partial charge is 0.207 e. The van der Waals surface area contributed by atoms with Gasteiger partial charge in [-0.2, -0.15) is 0 Å². The van der Waals surface area contributed by atoms with Gasteiger partial charge < -0.3 is 0 Å². The molecule has 2 heteroatoms. The lowest BCUT2D eigenvalue weighted by atomic mass is 9.60. The lowest BCUT2D eigenvalue weighted by molar-refractivity contribution is 0.0709. The van der Waals surface area contributed by atoms with Gasteiger partial charge in [-0.15, -0.1) is 0 Å². The first-order chi connectivity index (χ1) is 17.1. The lowest BCUT2D eigenvalue weighted by Crippen LogP contribution is -2.34. The number of hydrogen-bond acceptors (Lipinski definition) is 0. The third kappa shape index (κ3) is 7.32. The molecule has 0 bridgehead atoms. The maximum absolute atomic E-state index is 14.7. The summed E-state index contributed by atoms with van der Waals surface area (Å²) in [5, 5.41) is 0. The molecule has 4 rings (SSSR count). The van der Waals surface area contributed by atoms with Gasteiger partial charge in [-0.1, -0.05) is 71.6 Å². The van der Waals surface area contributed by atoms with Crippen LogP contribution in [0.15, 0.2) is 12.1 Å². The van der Waals surface area contributed by atoms with Crippen molar-refractivity contribution in [2.24, 2.45) is 29.6 Å². The molecule has 0 spiro atoms.